The van der Waals surface area contributed by atoms with Crippen LogP contribution in [0.25, 0.3) is 10.9 Å². The molecule has 2 heterocycles. The van der Waals surface area contributed by atoms with Crippen LogP contribution in [0.4, 0.5) is 4.39 Å². The van der Waals surface area contributed by atoms with Crippen molar-refractivity contribution in [3.63, 3.8) is 0 Å². The molecule has 1 fully saturated rings. The Morgan fingerprint density at radius 3 is 2.74 bits per heavy atom. The molecule has 5 nitrogen and oxygen atoms in total. The molecule has 0 bridgehead atoms. The quantitative estimate of drug-likeness (QED) is 0.817. The fourth-order valence-electron chi connectivity index (χ4n) is 3.02. The molecule has 1 aromatic heterocycles. The van der Waals surface area contributed by atoms with Crippen LogP contribution in [0.1, 0.15) is 26.3 Å². The molecule has 0 amide bonds. The van der Waals surface area contributed by atoms with E-state index in [1.165, 1.54) is 21.3 Å². The third-order valence-electron chi connectivity index (χ3n) is 4.19. The van der Waals surface area contributed by atoms with Crippen LogP contribution in [0.2, 0.25) is 0 Å². The first-order valence-corrected chi connectivity index (χ1v) is 8.41. The van der Waals surface area contributed by atoms with E-state index < -0.39 is 11.5 Å². The van der Waals surface area contributed by atoms with Gasteiger partial charge in [0.25, 0.3) is 5.56 Å². The number of halogens is 2. The molecule has 1 saturated heterocycles. The van der Waals surface area contributed by atoms with Crippen LogP contribution in [0.5, 0.6) is 0 Å². The van der Waals surface area contributed by atoms with Crippen molar-refractivity contribution in [1.82, 2.24) is 9.13 Å². The standard InChI is InChI=1S/C16H18BrFN2O3/c1-9(2)20-14-6-13(18)12(17)5-11(14)15(21)19(16(20)22)7-10-3-4-23-8-10/h5-6,9-10H,3-4,7-8H2,1-2H3. The molecule has 1 atom stereocenters. The van der Waals surface area contributed by atoms with E-state index in [9.17, 15) is 14.0 Å². The van der Waals surface area contributed by atoms with E-state index in [0.717, 1.165) is 6.42 Å². The molecule has 1 aliphatic rings. The fourth-order valence-corrected chi connectivity index (χ4v) is 3.36. The minimum atomic E-state index is -0.493. The number of hydrogen-bond acceptors (Lipinski definition) is 3. The second kappa shape index (κ2) is 6.20. The average Bonchev–Trinajstić information content (AvgIpc) is 2.99. The first-order valence-electron chi connectivity index (χ1n) is 7.62. The number of ether oxygens (including phenoxy) is 1. The number of nitrogens with zero attached hydrogens (tertiary/aromatic N) is 2. The molecular weight excluding hydrogens is 367 g/mol. The molecule has 0 radical (unpaired) electrons. The molecule has 0 N–H and O–H groups in total. The predicted octanol–water partition coefficient (Wildman–Crippen LogP) is 2.68. The van der Waals surface area contributed by atoms with Gasteiger partial charge < -0.3 is 4.74 Å². The van der Waals surface area contributed by atoms with Crippen LogP contribution in [-0.4, -0.2) is 22.3 Å². The Bertz CT molecular complexity index is 866. The van der Waals surface area contributed by atoms with E-state index in [4.69, 9.17) is 4.74 Å². The lowest BCUT2D eigenvalue weighted by Gasteiger charge is -2.18. The Balaban J connectivity index is 2.30. The van der Waals surface area contributed by atoms with Crippen LogP contribution in [-0.2, 0) is 11.3 Å². The van der Waals surface area contributed by atoms with Crippen molar-refractivity contribution in [1.29, 1.82) is 0 Å². The van der Waals surface area contributed by atoms with Crippen molar-refractivity contribution in [2.45, 2.75) is 32.9 Å². The van der Waals surface area contributed by atoms with E-state index in [1.54, 1.807) is 0 Å². The number of rotatable bonds is 3. The van der Waals surface area contributed by atoms with E-state index in [2.05, 4.69) is 15.9 Å². The van der Waals surface area contributed by atoms with Gasteiger partial charge in [-0.15, -0.1) is 0 Å². The average molecular weight is 385 g/mol. The summed E-state index contributed by atoms with van der Waals surface area (Å²) in [6.45, 7) is 5.22. The summed E-state index contributed by atoms with van der Waals surface area (Å²) in [6.07, 6.45) is 0.832. The number of benzene rings is 1. The van der Waals surface area contributed by atoms with Crippen LogP contribution in [0.15, 0.2) is 26.2 Å². The van der Waals surface area contributed by atoms with E-state index in [0.29, 0.717) is 30.7 Å². The van der Waals surface area contributed by atoms with Gasteiger partial charge in [0.05, 0.1) is 22.0 Å². The third kappa shape index (κ3) is 2.87. The topological polar surface area (TPSA) is 53.2 Å². The predicted molar refractivity (Wildman–Crippen MR) is 89.4 cm³/mol. The Morgan fingerprint density at radius 2 is 2.13 bits per heavy atom. The van der Waals surface area contributed by atoms with E-state index in [1.807, 2.05) is 13.8 Å². The van der Waals surface area contributed by atoms with Crippen molar-refractivity contribution in [2.24, 2.45) is 5.92 Å². The van der Waals surface area contributed by atoms with Gasteiger partial charge in [0, 0.05) is 25.1 Å². The number of aromatic nitrogens is 2. The summed E-state index contributed by atoms with van der Waals surface area (Å²) in [6, 6.07) is 2.51. The summed E-state index contributed by atoms with van der Waals surface area (Å²) in [5.74, 6) is -0.338. The maximum atomic E-state index is 13.9. The summed E-state index contributed by atoms with van der Waals surface area (Å²) in [5.41, 5.74) is -0.449. The molecule has 0 spiro atoms. The molecule has 124 valence electrons. The molecule has 23 heavy (non-hydrogen) atoms. The molecule has 1 aromatic carbocycles. The zero-order valence-electron chi connectivity index (χ0n) is 13.0. The molecule has 0 aliphatic carbocycles. The highest BCUT2D eigenvalue weighted by atomic mass is 79.9. The van der Waals surface area contributed by atoms with Crippen molar-refractivity contribution < 1.29 is 9.13 Å². The first-order chi connectivity index (χ1) is 10.9. The SMILES string of the molecule is CC(C)n1c(=O)n(CC2CCOC2)c(=O)c2cc(Br)c(F)cc21. The Labute approximate surface area is 140 Å². The molecule has 1 unspecified atom stereocenters. The zero-order valence-corrected chi connectivity index (χ0v) is 14.6. The largest absolute Gasteiger partial charge is 0.381 e. The third-order valence-corrected chi connectivity index (χ3v) is 4.80. The van der Waals surface area contributed by atoms with Gasteiger partial charge in [-0.1, -0.05) is 0 Å². The Kier molecular flexibility index (Phi) is 4.42. The van der Waals surface area contributed by atoms with E-state index >= 15 is 0 Å². The lowest BCUT2D eigenvalue weighted by molar-refractivity contribution is 0.181. The van der Waals surface area contributed by atoms with E-state index in [-0.39, 0.29) is 22.0 Å². The maximum absolute atomic E-state index is 13.9. The summed E-state index contributed by atoms with van der Waals surface area (Å²) in [5, 5.41) is 0.338. The highest BCUT2D eigenvalue weighted by Crippen LogP contribution is 2.22. The summed E-state index contributed by atoms with van der Waals surface area (Å²) < 4.78 is 22.2. The van der Waals surface area contributed by atoms with Gasteiger partial charge in [-0.25, -0.2) is 9.18 Å². The van der Waals surface area contributed by atoms with Crippen LogP contribution >= 0.6 is 15.9 Å². The van der Waals surface area contributed by atoms with Gasteiger partial charge in [-0.05, 0) is 48.3 Å². The second-order valence-electron chi connectivity index (χ2n) is 6.18. The Morgan fingerprint density at radius 1 is 1.39 bits per heavy atom. The van der Waals surface area contributed by atoms with Gasteiger partial charge in [0.1, 0.15) is 5.82 Å². The van der Waals surface area contributed by atoms with Gasteiger partial charge in [-0.3, -0.25) is 13.9 Å². The van der Waals surface area contributed by atoms with Crippen molar-refractivity contribution in [3.05, 3.63) is 43.3 Å². The van der Waals surface area contributed by atoms with Crippen LogP contribution in [0.3, 0.4) is 0 Å². The molecule has 1 aliphatic heterocycles. The lowest BCUT2D eigenvalue weighted by atomic mass is 10.1. The molecular formula is C16H18BrFN2O3. The van der Waals surface area contributed by atoms with Crippen LogP contribution in [0, 0.1) is 11.7 Å². The van der Waals surface area contributed by atoms with Crippen LogP contribution < -0.4 is 11.2 Å². The van der Waals surface area contributed by atoms with Crippen molar-refractivity contribution >= 4 is 26.8 Å². The zero-order chi connectivity index (χ0) is 16.7. The van der Waals surface area contributed by atoms with Gasteiger partial charge >= 0.3 is 5.69 Å². The minimum absolute atomic E-state index is 0.155. The summed E-state index contributed by atoms with van der Waals surface area (Å²) >= 11 is 3.11. The van der Waals surface area contributed by atoms with Gasteiger partial charge in [-0.2, -0.15) is 0 Å². The second-order valence-corrected chi connectivity index (χ2v) is 7.03. The number of hydrogen-bond donors (Lipinski definition) is 0. The van der Waals surface area contributed by atoms with Gasteiger partial charge in [0.15, 0.2) is 0 Å². The smallest absolute Gasteiger partial charge is 0.331 e. The Hall–Kier alpha value is -1.47. The van der Waals surface area contributed by atoms with Crippen molar-refractivity contribution in [3.8, 4) is 0 Å². The highest BCUT2D eigenvalue weighted by molar-refractivity contribution is 9.10. The number of fused-ring (bicyclic) bond motifs is 1. The van der Waals surface area contributed by atoms with Crippen molar-refractivity contribution in [2.75, 3.05) is 13.2 Å². The summed E-state index contributed by atoms with van der Waals surface area (Å²) in [4.78, 5) is 25.5. The maximum Gasteiger partial charge on any atom is 0.331 e. The molecule has 2 aromatic rings. The summed E-state index contributed by atoms with van der Waals surface area (Å²) in [7, 11) is 0. The lowest BCUT2D eigenvalue weighted by Crippen LogP contribution is -2.42. The molecule has 0 saturated carbocycles. The first kappa shape index (κ1) is 16.4. The fraction of sp³-hybridized carbons (Fsp3) is 0.500. The highest BCUT2D eigenvalue weighted by Gasteiger charge is 2.22. The molecule has 7 heteroatoms. The minimum Gasteiger partial charge on any atom is -0.381 e. The van der Waals surface area contributed by atoms with Gasteiger partial charge in [0.2, 0.25) is 0 Å². The monoisotopic (exact) mass is 384 g/mol. The normalized spacial score (nSPS) is 18.2. The molecule has 3 rings (SSSR count).